The maximum atomic E-state index is 12.7. The Hall–Kier alpha value is -3.09. The summed E-state index contributed by atoms with van der Waals surface area (Å²) in [5.41, 5.74) is 2.57. The second-order valence-corrected chi connectivity index (χ2v) is 5.79. The molecule has 2 aromatic heterocycles. The van der Waals surface area contributed by atoms with Crippen LogP contribution in [0.25, 0.3) is 11.5 Å². The molecule has 24 heavy (non-hydrogen) atoms. The largest absolute Gasteiger partial charge is 0.472 e. The Morgan fingerprint density at radius 3 is 2.96 bits per heavy atom. The molecule has 1 aliphatic rings. The molecule has 7 heteroatoms. The van der Waals surface area contributed by atoms with E-state index in [-0.39, 0.29) is 24.4 Å². The molecule has 1 amide bonds. The fourth-order valence-corrected chi connectivity index (χ4v) is 3.06. The van der Waals surface area contributed by atoms with Gasteiger partial charge in [-0.2, -0.15) is 4.68 Å². The second-order valence-electron chi connectivity index (χ2n) is 5.79. The predicted octanol–water partition coefficient (Wildman–Crippen LogP) is 2.07. The first-order valence-corrected chi connectivity index (χ1v) is 7.64. The van der Waals surface area contributed by atoms with Crippen molar-refractivity contribution in [2.75, 3.05) is 4.90 Å². The number of anilines is 1. The number of para-hydroxylation sites is 1. The molecule has 4 rings (SSSR count). The molecule has 1 aromatic carbocycles. The molecule has 0 bridgehead atoms. The maximum absolute atomic E-state index is 12.7. The normalized spacial score (nSPS) is 16.4. The lowest BCUT2D eigenvalue weighted by Crippen LogP contribution is -2.39. The van der Waals surface area contributed by atoms with Gasteiger partial charge >= 0.3 is 5.76 Å². The third-order valence-electron chi connectivity index (χ3n) is 4.14. The molecule has 3 aromatic rings. The van der Waals surface area contributed by atoms with Crippen molar-refractivity contribution in [2.24, 2.45) is 0 Å². The van der Waals surface area contributed by atoms with Gasteiger partial charge in [-0.25, -0.2) is 4.79 Å². The molecule has 7 nitrogen and oxygen atoms in total. The zero-order chi connectivity index (χ0) is 16.7. The third-order valence-corrected chi connectivity index (χ3v) is 4.14. The third kappa shape index (κ3) is 2.34. The lowest BCUT2D eigenvalue weighted by molar-refractivity contribution is -0.119. The quantitative estimate of drug-likeness (QED) is 0.736. The van der Waals surface area contributed by atoms with Crippen molar-refractivity contribution < 1.29 is 13.6 Å². The SMILES string of the molecule is C[C@H]1Cc2ccccc2N1C(=O)Cn1nc(-c2ccoc2)oc1=O. The summed E-state index contributed by atoms with van der Waals surface area (Å²) in [4.78, 5) is 26.4. The van der Waals surface area contributed by atoms with E-state index in [2.05, 4.69) is 5.10 Å². The number of benzene rings is 1. The minimum atomic E-state index is -0.667. The van der Waals surface area contributed by atoms with Crippen LogP contribution in [0.3, 0.4) is 0 Å². The maximum Gasteiger partial charge on any atom is 0.437 e. The van der Waals surface area contributed by atoms with Gasteiger partial charge in [0.1, 0.15) is 12.8 Å². The number of aromatic nitrogens is 2. The molecule has 1 atom stereocenters. The van der Waals surface area contributed by atoms with Gasteiger partial charge in [0.15, 0.2) is 0 Å². The Morgan fingerprint density at radius 1 is 1.33 bits per heavy atom. The van der Waals surface area contributed by atoms with Crippen molar-refractivity contribution in [3.8, 4) is 11.5 Å². The van der Waals surface area contributed by atoms with Crippen LogP contribution in [0.2, 0.25) is 0 Å². The van der Waals surface area contributed by atoms with Crippen LogP contribution in [0.15, 0.2) is 56.5 Å². The minimum Gasteiger partial charge on any atom is -0.472 e. The van der Waals surface area contributed by atoms with Crippen LogP contribution in [0.4, 0.5) is 5.69 Å². The predicted molar refractivity (Wildman–Crippen MR) is 85.6 cm³/mol. The Balaban J connectivity index is 1.60. The average molecular weight is 325 g/mol. The number of fused-ring (bicyclic) bond motifs is 1. The molecule has 1 aliphatic heterocycles. The molecule has 0 radical (unpaired) electrons. The smallest absolute Gasteiger partial charge is 0.437 e. The highest BCUT2D eigenvalue weighted by molar-refractivity contribution is 5.96. The summed E-state index contributed by atoms with van der Waals surface area (Å²) >= 11 is 0. The van der Waals surface area contributed by atoms with E-state index < -0.39 is 5.76 Å². The Bertz CT molecular complexity index is 939. The van der Waals surface area contributed by atoms with E-state index in [1.165, 1.54) is 12.5 Å². The van der Waals surface area contributed by atoms with E-state index in [0.29, 0.717) is 5.56 Å². The minimum absolute atomic E-state index is 0.0471. The van der Waals surface area contributed by atoms with Crippen molar-refractivity contribution in [2.45, 2.75) is 25.9 Å². The van der Waals surface area contributed by atoms with Crippen molar-refractivity contribution in [3.63, 3.8) is 0 Å². The monoisotopic (exact) mass is 325 g/mol. The first-order valence-electron chi connectivity index (χ1n) is 7.64. The number of carbonyl (C=O) groups is 1. The molecule has 0 N–H and O–H groups in total. The fraction of sp³-hybridized carbons (Fsp3) is 0.235. The number of hydrogen-bond acceptors (Lipinski definition) is 5. The summed E-state index contributed by atoms with van der Waals surface area (Å²) < 4.78 is 11.1. The van der Waals surface area contributed by atoms with Crippen LogP contribution in [0, 0.1) is 0 Å². The molecule has 0 saturated heterocycles. The van der Waals surface area contributed by atoms with Crippen LogP contribution < -0.4 is 10.7 Å². The van der Waals surface area contributed by atoms with Gasteiger partial charge in [0.2, 0.25) is 5.91 Å². The highest BCUT2D eigenvalue weighted by Crippen LogP contribution is 2.31. The van der Waals surface area contributed by atoms with Crippen LogP contribution in [0.1, 0.15) is 12.5 Å². The summed E-state index contributed by atoms with van der Waals surface area (Å²) in [5, 5.41) is 4.07. The van der Waals surface area contributed by atoms with Crippen molar-refractivity contribution in [3.05, 3.63) is 59.0 Å². The van der Waals surface area contributed by atoms with E-state index in [4.69, 9.17) is 8.83 Å². The van der Waals surface area contributed by atoms with Crippen LogP contribution in [-0.2, 0) is 17.8 Å². The number of hydrogen-bond donors (Lipinski definition) is 0. The van der Waals surface area contributed by atoms with Crippen LogP contribution in [-0.4, -0.2) is 21.7 Å². The number of rotatable bonds is 3. The van der Waals surface area contributed by atoms with Crippen molar-refractivity contribution in [1.29, 1.82) is 0 Å². The molecule has 0 spiro atoms. The lowest BCUT2D eigenvalue weighted by Gasteiger charge is -2.22. The summed E-state index contributed by atoms with van der Waals surface area (Å²) in [6.45, 7) is 1.82. The first kappa shape index (κ1) is 14.5. The lowest BCUT2D eigenvalue weighted by atomic mass is 10.1. The number of nitrogens with zero attached hydrogens (tertiary/aromatic N) is 3. The van der Waals surface area contributed by atoms with Crippen LogP contribution >= 0.6 is 0 Å². The van der Waals surface area contributed by atoms with Gasteiger partial charge < -0.3 is 13.7 Å². The summed E-state index contributed by atoms with van der Waals surface area (Å²) in [5.74, 6) is -0.724. The van der Waals surface area contributed by atoms with Gasteiger partial charge in [-0.1, -0.05) is 18.2 Å². The van der Waals surface area contributed by atoms with E-state index in [9.17, 15) is 9.59 Å². The molecular formula is C17H15N3O4. The summed E-state index contributed by atoms with van der Waals surface area (Å²) in [6.07, 6.45) is 3.69. The van der Waals surface area contributed by atoms with Crippen LogP contribution in [0.5, 0.6) is 0 Å². The summed E-state index contributed by atoms with van der Waals surface area (Å²) in [6, 6.07) is 9.47. The molecule has 0 aliphatic carbocycles. The Kier molecular flexibility index (Phi) is 3.34. The highest BCUT2D eigenvalue weighted by atomic mass is 16.4. The standard InChI is InChI=1S/C17H15N3O4/c1-11-8-12-4-2-3-5-14(12)20(11)15(21)9-19-17(22)24-16(18-19)13-6-7-23-10-13/h2-7,10-11H,8-9H2,1H3/t11-/m0/s1. The molecule has 0 unspecified atom stereocenters. The fourth-order valence-electron chi connectivity index (χ4n) is 3.06. The topological polar surface area (TPSA) is 81.5 Å². The number of furan rings is 1. The number of carbonyl (C=O) groups excluding carboxylic acids is 1. The van der Waals surface area contributed by atoms with Gasteiger partial charge in [-0.05, 0) is 31.0 Å². The highest BCUT2D eigenvalue weighted by Gasteiger charge is 2.31. The zero-order valence-corrected chi connectivity index (χ0v) is 13.0. The van der Waals surface area contributed by atoms with E-state index in [1.54, 1.807) is 11.0 Å². The van der Waals surface area contributed by atoms with E-state index in [1.807, 2.05) is 31.2 Å². The average Bonchev–Trinajstić information content (AvgIpc) is 3.26. The van der Waals surface area contributed by atoms with Gasteiger partial charge in [0.25, 0.3) is 5.89 Å². The summed E-state index contributed by atoms with van der Waals surface area (Å²) in [7, 11) is 0. The van der Waals surface area contributed by atoms with E-state index >= 15 is 0 Å². The molecular weight excluding hydrogens is 310 g/mol. The molecule has 0 fully saturated rings. The van der Waals surface area contributed by atoms with Crippen molar-refractivity contribution >= 4 is 11.6 Å². The number of amides is 1. The first-order chi connectivity index (χ1) is 11.6. The Morgan fingerprint density at radius 2 is 2.17 bits per heavy atom. The van der Waals surface area contributed by atoms with Gasteiger partial charge in [0.05, 0.1) is 11.8 Å². The van der Waals surface area contributed by atoms with Crippen molar-refractivity contribution in [1.82, 2.24) is 9.78 Å². The van der Waals surface area contributed by atoms with Gasteiger partial charge in [-0.15, -0.1) is 5.10 Å². The Labute approximate surface area is 137 Å². The van der Waals surface area contributed by atoms with E-state index in [0.717, 1.165) is 22.4 Å². The van der Waals surface area contributed by atoms with Gasteiger partial charge in [0, 0.05) is 11.7 Å². The van der Waals surface area contributed by atoms with Gasteiger partial charge in [-0.3, -0.25) is 4.79 Å². The molecule has 122 valence electrons. The molecule has 3 heterocycles. The second kappa shape index (κ2) is 5.52. The zero-order valence-electron chi connectivity index (χ0n) is 13.0. The molecule has 0 saturated carbocycles.